The fraction of sp³-hybridized carbons (Fsp3) is 0.300. The maximum Gasteiger partial charge on any atom is 0.355 e. The first-order valence-electron chi connectivity index (χ1n) is 8.19. The number of fused-ring (bicyclic) bond motifs is 1. The highest BCUT2D eigenvalue weighted by molar-refractivity contribution is 6.03. The highest BCUT2D eigenvalue weighted by Gasteiger charge is 2.32. The van der Waals surface area contributed by atoms with E-state index in [4.69, 9.17) is 4.74 Å². The molecule has 24 heavy (non-hydrogen) atoms. The molecule has 0 bridgehead atoms. The van der Waals surface area contributed by atoms with Crippen LogP contribution in [0.2, 0.25) is 0 Å². The molecule has 4 nitrogen and oxygen atoms in total. The van der Waals surface area contributed by atoms with Crippen molar-refractivity contribution in [3.63, 3.8) is 0 Å². The summed E-state index contributed by atoms with van der Waals surface area (Å²) in [6.07, 6.45) is 4.80. The molecule has 2 aromatic rings. The fourth-order valence-electron chi connectivity index (χ4n) is 3.29. The molecule has 1 aliphatic carbocycles. The Morgan fingerprint density at radius 2 is 2.04 bits per heavy atom. The Hall–Kier alpha value is -2.62. The number of allylic oxidation sites excluding steroid dienone is 1. The van der Waals surface area contributed by atoms with Crippen molar-refractivity contribution in [3.8, 4) is 0 Å². The van der Waals surface area contributed by atoms with E-state index in [1.54, 1.807) is 6.08 Å². The van der Waals surface area contributed by atoms with Crippen LogP contribution in [0.4, 0.5) is 0 Å². The number of hydrogen-bond donors (Lipinski definition) is 1. The molecule has 1 aromatic carbocycles. The molecule has 0 amide bonds. The molecule has 1 aliphatic rings. The topological polar surface area (TPSA) is 59.2 Å². The van der Waals surface area contributed by atoms with E-state index in [9.17, 15) is 9.59 Å². The lowest BCUT2D eigenvalue weighted by Crippen LogP contribution is -2.18. The van der Waals surface area contributed by atoms with Gasteiger partial charge in [0.2, 0.25) is 0 Å². The molecule has 0 unspecified atom stereocenters. The van der Waals surface area contributed by atoms with E-state index >= 15 is 0 Å². The van der Waals surface area contributed by atoms with Crippen molar-refractivity contribution < 1.29 is 14.3 Å². The van der Waals surface area contributed by atoms with Crippen LogP contribution in [0, 0.1) is 6.92 Å². The van der Waals surface area contributed by atoms with Crippen LogP contribution < -0.4 is 0 Å². The third-order valence-corrected chi connectivity index (χ3v) is 4.51. The van der Waals surface area contributed by atoms with Gasteiger partial charge in [0.25, 0.3) is 0 Å². The second-order valence-electron chi connectivity index (χ2n) is 6.09. The number of carbonyl (C=O) groups is 2. The van der Waals surface area contributed by atoms with Crippen molar-refractivity contribution in [2.45, 2.75) is 32.6 Å². The molecule has 1 N–H and O–H groups in total. The van der Waals surface area contributed by atoms with E-state index < -0.39 is 5.97 Å². The number of carbonyl (C=O) groups excluding carboxylic acids is 2. The molecule has 0 radical (unpaired) electrons. The molecule has 3 rings (SSSR count). The molecule has 0 aliphatic heterocycles. The van der Waals surface area contributed by atoms with Crippen molar-refractivity contribution in [1.82, 2.24) is 4.98 Å². The smallest absolute Gasteiger partial charge is 0.355 e. The zero-order chi connectivity index (χ0) is 17.1. The standard InChI is InChI=1S/C20H21NO3/c1-3-4-10-24-20(23)19-13(2)18-16(21-19)11-15(12-17(18)22)14-8-6-5-7-9-14/h3-9,15,21H,10-12H2,1-2H3/b4-3+/t15-/m0/s1. The second kappa shape index (κ2) is 6.87. The lowest BCUT2D eigenvalue weighted by Gasteiger charge is -2.22. The van der Waals surface area contributed by atoms with Crippen LogP contribution in [-0.2, 0) is 11.2 Å². The molecule has 4 heteroatoms. The van der Waals surface area contributed by atoms with E-state index in [0.29, 0.717) is 23.2 Å². The van der Waals surface area contributed by atoms with Crippen molar-refractivity contribution in [2.75, 3.05) is 6.61 Å². The molecular weight excluding hydrogens is 302 g/mol. The van der Waals surface area contributed by atoms with E-state index in [-0.39, 0.29) is 18.3 Å². The third kappa shape index (κ3) is 3.04. The van der Waals surface area contributed by atoms with Gasteiger partial charge in [-0.15, -0.1) is 0 Å². The number of Topliss-reactive ketones (excluding diaryl/α,β-unsaturated/α-hetero) is 1. The van der Waals surface area contributed by atoms with Crippen LogP contribution in [0.3, 0.4) is 0 Å². The van der Waals surface area contributed by atoms with E-state index in [0.717, 1.165) is 17.7 Å². The van der Waals surface area contributed by atoms with Gasteiger partial charge >= 0.3 is 5.97 Å². The summed E-state index contributed by atoms with van der Waals surface area (Å²) in [5.74, 6) is -0.174. The van der Waals surface area contributed by atoms with Crippen molar-refractivity contribution >= 4 is 11.8 Å². The number of aromatic nitrogens is 1. The second-order valence-corrected chi connectivity index (χ2v) is 6.09. The van der Waals surface area contributed by atoms with Gasteiger partial charge in [0.05, 0.1) is 0 Å². The Balaban J connectivity index is 1.87. The van der Waals surface area contributed by atoms with Gasteiger partial charge in [0.1, 0.15) is 12.3 Å². The van der Waals surface area contributed by atoms with Crippen LogP contribution in [0.25, 0.3) is 0 Å². The first kappa shape index (κ1) is 16.2. The van der Waals surface area contributed by atoms with Crippen LogP contribution in [0.15, 0.2) is 42.5 Å². The Labute approximate surface area is 141 Å². The molecule has 1 aromatic heterocycles. The summed E-state index contributed by atoms with van der Waals surface area (Å²) in [5.41, 5.74) is 3.76. The first-order chi connectivity index (χ1) is 11.6. The summed E-state index contributed by atoms with van der Waals surface area (Å²) in [5, 5.41) is 0. The average Bonchev–Trinajstić information content (AvgIpc) is 2.93. The third-order valence-electron chi connectivity index (χ3n) is 4.51. The number of nitrogens with one attached hydrogen (secondary N) is 1. The summed E-state index contributed by atoms with van der Waals surface area (Å²) in [6, 6.07) is 10.0. The number of H-pyrrole nitrogens is 1. The van der Waals surface area contributed by atoms with Crippen molar-refractivity contribution in [1.29, 1.82) is 0 Å². The van der Waals surface area contributed by atoms with Crippen LogP contribution in [0.1, 0.15) is 56.9 Å². The fourth-order valence-corrected chi connectivity index (χ4v) is 3.29. The zero-order valence-corrected chi connectivity index (χ0v) is 14.0. The normalized spacial score (nSPS) is 17.1. The highest BCUT2D eigenvalue weighted by atomic mass is 16.5. The molecule has 0 saturated heterocycles. The van der Waals surface area contributed by atoms with Crippen LogP contribution in [0.5, 0.6) is 0 Å². The van der Waals surface area contributed by atoms with Gasteiger partial charge in [-0.2, -0.15) is 0 Å². The van der Waals surface area contributed by atoms with Gasteiger partial charge in [-0.05, 0) is 37.3 Å². The minimum atomic E-state index is -0.413. The summed E-state index contributed by atoms with van der Waals surface area (Å²) in [6.45, 7) is 3.91. The summed E-state index contributed by atoms with van der Waals surface area (Å²) in [7, 11) is 0. The van der Waals surface area contributed by atoms with Gasteiger partial charge in [0.15, 0.2) is 5.78 Å². The van der Waals surface area contributed by atoms with Crippen molar-refractivity contribution in [3.05, 3.63) is 70.6 Å². The van der Waals surface area contributed by atoms with Gasteiger partial charge in [-0.3, -0.25) is 4.79 Å². The molecule has 124 valence electrons. The van der Waals surface area contributed by atoms with Crippen molar-refractivity contribution in [2.24, 2.45) is 0 Å². The van der Waals surface area contributed by atoms with E-state index in [1.807, 2.05) is 50.3 Å². The minimum Gasteiger partial charge on any atom is -0.457 e. The Morgan fingerprint density at radius 3 is 2.75 bits per heavy atom. The highest BCUT2D eigenvalue weighted by Crippen LogP contribution is 2.35. The van der Waals surface area contributed by atoms with Crippen LogP contribution in [-0.4, -0.2) is 23.3 Å². The Morgan fingerprint density at radius 1 is 1.29 bits per heavy atom. The number of aromatic amines is 1. The zero-order valence-electron chi connectivity index (χ0n) is 14.0. The monoisotopic (exact) mass is 323 g/mol. The molecule has 0 saturated carbocycles. The van der Waals surface area contributed by atoms with E-state index in [1.165, 1.54) is 0 Å². The SMILES string of the molecule is C/C=C/COC(=O)c1[nH]c2c(c1C)C(=O)C[C@@H](c1ccccc1)C2. The number of hydrogen-bond acceptors (Lipinski definition) is 3. The molecule has 1 heterocycles. The summed E-state index contributed by atoms with van der Waals surface area (Å²) in [4.78, 5) is 28.0. The number of benzene rings is 1. The van der Waals surface area contributed by atoms with Gasteiger partial charge in [0, 0.05) is 17.7 Å². The van der Waals surface area contributed by atoms with Crippen LogP contribution >= 0.6 is 0 Å². The number of esters is 1. The minimum absolute atomic E-state index is 0.0892. The predicted octanol–water partition coefficient (Wildman–Crippen LogP) is 3.97. The van der Waals surface area contributed by atoms with E-state index in [2.05, 4.69) is 4.98 Å². The number of ether oxygens (including phenoxy) is 1. The Bertz CT molecular complexity index is 787. The lowest BCUT2D eigenvalue weighted by molar-refractivity contribution is 0.0542. The number of ketones is 1. The largest absolute Gasteiger partial charge is 0.457 e. The maximum absolute atomic E-state index is 12.6. The maximum atomic E-state index is 12.6. The van der Waals surface area contributed by atoms with Gasteiger partial charge in [-0.25, -0.2) is 4.79 Å². The molecule has 1 atom stereocenters. The Kier molecular flexibility index (Phi) is 4.65. The summed E-state index contributed by atoms with van der Waals surface area (Å²) >= 11 is 0. The molecular formula is C20H21NO3. The number of rotatable bonds is 4. The van der Waals surface area contributed by atoms with Gasteiger partial charge < -0.3 is 9.72 Å². The summed E-state index contributed by atoms with van der Waals surface area (Å²) < 4.78 is 5.21. The predicted molar refractivity (Wildman–Crippen MR) is 92.5 cm³/mol. The molecule has 0 fully saturated rings. The van der Waals surface area contributed by atoms with Gasteiger partial charge in [-0.1, -0.05) is 42.5 Å². The molecule has 0 spiro atoms. The lowest BCUT2D eigenvalue weighted by atomic mass is 9.81. The first-order valence-corrected chi connectivity index (χ1v) is 8.19. The quantitative estimate of drug-likeness (QED) is 0.684. The average molecular weight is 323 g/mol.